The fourth-order valence-corrected chi connectivity index (χ4v) is 3.49. The molecule has 2 aromatic carbocycles. The Morgan fingerprint density at radius 3 is 2.67 bits per heavy atom. The topological polar surface area (TPSA) is 98.9 Å². The number of pyridine rings is 1. The second-order valence-corrected chi connectivity index (χ2v) is 7.54. The zero-order chi connectivity index (χ0) is 23.0. The normalized spacial score (nSPS) is 10.2. The largest absolute Gasteiger partial charge is 0.345 e. The van der Waals surface area contributed by atoms with Gasteiger partial charge in [-0.25, -0.2) is 9.78 Å². The fraction of sp³-hybridized carbons (Fsp3) is 0.0800. The first-order valence-electron chi connectivity index (χ1n) is 10.2. The van der Waals surface area contributed by atoms with Crippen molar-refractivity contribution in [3.63, 3.8) is 0 Å². The number of benzene rings is 2. The van der Waals surface area contributed by atoms with Gasteiger partial charge in [0.25, 0.3) is 0 Å². The third kappa shape index (κ3) is 5.91. The summed E-state index contributed by atoms with van der Waals surface area (Å²) in [6.07, 6.45) is 3.33. The van der Waals surface area contributed by atoms with Crippen molar-refractivity contribution in [2.24, 2.45) is 0 Å². The Morgan fingerprint density at radius 1 is 1.00 bits per heavy atom. The van der Waals surface area contributed by atoms with Gasteiger partial charge in [0.1, 0.15) is 5.65 Å². The molecule has 0 spiro atoms. The number of H-pyrrole nitrogens is 1. The van der Waals surface area contributed by atoms with Gasteiger partial charge in [0.05, 0.1) is 5.02 Å². The summed E-state index contributed by atoms with van der Waals surface area (Å²) in [5.74, 6) is 4.98. The molecule has 3 amide bonds. The molecule has 8 heteroatoms. The molecule has 0 atom stereocenters. The van der Waals surface area contributed by atoms with Gasteiger partial charge in [0.15, 0.2) is 0 Å². The van der Waals surface area contributed by atoms with Crippen LogP contribution in [-0.2, 0) is 17.9 Å². The zero-order valence-corrected chi connectivity index (χ0v) is 18.2. The Morgan fingerprint density at radius 2 is 1.82 bits per heavy atom. The van der Waals surface area contributed by atoms with Gasteiger partial charge in [-0.15, -0.1) is 0 Å². The van der Waals surface area contributed by atoms with E-state index in [1.807, 2.05) is 42.5 Å². The number of amides is 3. The van der Waals surface area contributed by atoms with Crippen molar-refractivity contribution in [2.45, 2.75) is 13.1 Å². The Balaban J connectivity index is 1.29. The molecule has 33 heavy (non-hydrogen) atoms. The summed E-state index contributed by atoms with van der Waals surface area (Å²) in [7, 11) is 0. The molecule has 0 saturated heterocycles. The number of carbonyl (C=O) groups excluding carboxylic acids is 2. The van der Waals surface area contributed by atoms with Crippen molar-refractivity contribution in [3.8, 4) is 11.8 Å². The first kappa shape index (κ1) is 21.9. The fourth-order valence-electron chi connectivity index (χ4n) is 3.22. The standard InChI is InChI=1S/C25H20ClN5O2/c26-21-16-28-24-23(21)19(11-12-27-24)15-30-25(33)29-14-18-7-4-8-20(13-18)31-22(32)10-9-17-5-2-1-3-6-17/h1-8,11-13,16H,14-15H2,(H,27,28)(H,31,32)(H2,29,30,33). The minimum atomic E-state index is -0.409. The average molecular weight is 458 g/mol. The van der Waals surface area contributed by atoms with E-state index in [4.69, 9.17) is 11.6 Å². The number of carbonyl (C=O) groups is 2. The number of halogens is 1. The van der Waals surface area contributed by atoms with Crippen molar-refractivity contribution in [3.05, 3.63) is 94.8 Å². The van der Waals surface area contributed by atoms with Crippen LogP contribution < -0.4 is 16.0 Å². The highest BCUT2D eigenvalue weighted by Gasteiger charge is 2.09. The summed E-state index contributed by atoms with van der Waals surface area (Å²) in [4.78, 5) is 31.6. The van der Waals surface area contributed by atoms with E-state index in [1.54, 1.807) is 30.6 Å². The van der Waals surface area contributed by atoms with Crippen LogP contribution in [0.15, 0.2) is 73.1 Å². The van der Waals surface area contributed by atoms with E-state index >= 15 is 0 Å². The Hall–Kier alpha value is -4.28. The highest BCUT2D eigenvalue weighted by molar-refractivity contribution is 6.35. The number of anilines is 1. The van der Waals surface area contributed by atoms with Crippen LogP contribution in [0.3, 0.4) is 0 Å². The van der Waals surface area contributed by atoms with Crippen LogP contribution in [0, 0.1) is 11.8 Å². The van der Waals surface area contributed by atoms with E-state index in [-0.39, 0.29) is 6.03 Å². The number of aromatic nitrogens is 2. The van der Waals surface area contributed by atoms with Crippen LogP contribution in [0.2, 0.25) is 5.02 Å². The maximum absolute atomic E-state index is 12.3. The quantitative estimate of drug-likeness (QED) is 0.338. The minimum absolute atomic E-state index is 0.294. The van der Waals surface area contributed by atoms with E-state index in [9.17, 15) is 9.59 Å². The van der Waals surface area contributed by atoms with Gasteiger partial charge in [-0.3, -0.25) is 4.79 Å². The lowest BCUT2D eigenvalue weighted by Crippen LogP contribution is -2.34. The predicted octanol–water partition coefficient (Wildman–Crippen LogP) is 4.21. The van der Waals surface area contributed by atoms with Crippen molar-refractivity contribution in [1.82, 2.24) is 20.6 Å². The monoisotopic (exact) mass is 457 g/mol. The van der Waals surface area contributed by atoms with Crippen LogP contribution >= 0.6 is 11.6 Å². The molecule has 0 fully saturated rings. The molecule has 0 unspecified atom stereocenters. The van der Waals surface area contributed by atoms with Gasteiger partial charge >= 0.3 is 11.9 Å². The molecule has 0 saturated carbocycles. The lowest BCUT2D eigenvalue weighted by atomic mass is 10.2. The summed E-state index contributed by atoms with van der Waals surface area (Å²) in [5, 5.41) is 9.72. The molecule has 0 aliphatic heterocycles. The molecular weight excluding hydrogens is 438 g/mol. The Kier molecular flexibility index (Phi) is 6.88. The number of fused-ring (bicyclic) bond motifs is 1. The van der Waals surface area contributed by atoms with E-state index in [0.717, 1.165) is 22.1 Å². The smallest absolute Gasteiger partial charge is 0.315 e. The SMILES string of the molecule is O=C(C#Cc1ccccc1)Nc1cccc(CNC(=O)NCc2ccnc3[nH]cc(Cl)c23)c1. The lowest BCUT2D eigenvalue weighted by Gasteiger charge is -2.10. The first-order valence-corrected chi connectivity index (χ1v) is 10.6. The van der Waals surface area contributed by atoms with E-state index in [1.165, 1.54) is 0 Å². The Labute approximate surface area is 195 Å². The van der Waals surface area contributed by atoms with Crippen LogP contribution in [0.4, 0.5) is 10.5 Å². The molecule has 4 aromatic rings. The molecule has 0 bridgehead atoms. The van der Waals surface area contributed by atoms with Crippen molar-refractivity contribution in [1.29, 1.82) is 0 Å². The summed E-state index contributed by atoms with van der Waals surface area (Å²) in [5.41, 5.74) is 3.74. The highest BCUT2D eigenvalue weighted by atomic mass is 35.5. The summed E-state index contributed by atoms with van der Waals surface area (Å²) >= 11 is 6.20. The van der Waals surface area contributed by atoms with Crippen LogP contribution in [0.1, 0.15) is 16.7 Å². The molecule has 164 valence electrons. The predicted molar refractivity (Wildman–Crippen MR) is 129 cm³/mol. The number of hydrogen-bond donors (Lipinski definition) is 4. The van der Waals surface area contributed by atoms with Gasteiger partial charge < -0.3 is 20.9 Å². The molecule has 2 aromatic heterocycles. The van der Waals surface area contributed by atoms with Gasteiger partial charge in [-0.2, -0.15) is 0 Å². The average Bonchev–Trinajstić information content (AvgIpc) is 3.22. The maximum Gasteiger partial charge on any atom is 0.315 e. The third-order valence-electron chi connectivity index (χ3n) is 4.78. The summed E-state index contributed by atoms with van der Waals surface area (Å²) in [6, 6.07) is 18.0. The molecule has 0 aliphatic carbocycles. The number of urea groups is 1. The molecule has 7 nitrogen and oxygen atoms in total. The molecule has 0 radical (unpaired) electrons. The molecule has 4 rings (SSSR count). The zero-order valence-electron chi connectivity index (χ0n) is 17.5. The molecule has 0 aliphatic rings. The van der Waals surface area contributed by atoms with Crippen molar-refractivity contribution in [2.75, 3.05) is 5.32 Å². The van der Waals surface area contributed by atoms with Crippen LogP contribution in [0.5, 0.6) is 0 Å². The number of rotatable bonds is 5. The van der Waals surface area contributed by atoms with Crippen molar-refractivity contribution >= 4 is 40.3 Å². The number of aromatic amines is 1. The second kappa shape index (κ2) is 10.4. The Bertz CT molecular complexity index is 1360. The number of nitrogens with zero attached hydrogens (tertiary/aromatic N) is 1. The first-order chi connectivity index (χ1) is 16.1. The van der Waals surface area contributed by atoms with Gasteiger partial charge in [0, 0.05) is 48.0 Å². The maximum atomic E-state index is 12.3. The van der Waals surface area contributed by atoms with Crippen LogP contribution in [-0.4, -0.2) is 21.9 Å². The highest BCUT2D eigenvalue weighted by Crippen LogP contribution is 2.24. The van der Waals surface area contributed by atoms with Crippen LogP contribution in [0.25, 0.3) is 11.0 Å². The van der Waals surface area contributed by atoms with E-state index in [0.29, 0.717) is 29.4 Å². The summed E-state index contributed by atoms with van der Waals surface area (Å²) < 4.78 is 0. The lowest BCUT2D eigenvalue weighted by molar-refractivity contribution is -0.111. The second-order valence-electron chi connectivity index (χ2n) is 7.14. The minimum Gasteiger partial charge on any atom is -0.345 e. The number of nitrogens with one attached hydrogen (secondary N) is 4. The van der Waals surface area contributed by atoms with Gasteiger partial charge in [0.2, 0.25) is 0 Å². The van der Waals surface area contributed by atoms with E-state index in [2.05, 4.69) is 37.8 Å². The van der Waals surface area contributed by atoms with E-state index < -0.39 is 5.91 Å². The molecular formula is C25H20ClN5O2. The van der Waals surface area contributed by atoms with Gasteiger partial charge in [-0.1, -0.05) is 47.9 Å². The van der Waals surface area contributed by atoms with Gasteiger partial charge in [-0.05, 0) is 41.5 Å². The molecule has 2 heterocycles. The van der Waals surface area contributed by atoms with Crippen molar-refractivity contribution < 1.29 is 9.59 Å². The number of hydrogen-bond acceptors (Lipinski definition) is 3. The summed E-state index contributed by atoms with van der Waals surface area (Å²) in [6.45, 7) is 0.598. The molecule has 4 N–H and O–H groups in total. The third-order valence-corrected chi connectivity index (χ3v) is 5.08.